The normalized spacial score (nSPS) is 9.82. The summed E-state index contributed by atoms with van der Waals surface area (Å²) in [4.78, 5) is 33.4. The van der Waals surface area contributed by atoms with Crippen LogP contribution in [0.5, 0.6) is 5.75 Å². The van der Waals surface area contributed by atoms with Crippen LogP contribution in [0.15, 0.2) is 42.5 Å². The molecule has 0 radical (unpaired) electrons. The number of hydrogen-bond acceptors (Lipinski definition) is 4. The lowest BCUT2D eigenvalue weighted by Gasteiger charge is -2.08. The van der Waals surface area contributed by atoms with Crippen LogP contribution in [0.3, 0.4) is 0 Å². The molecule has 0 atom stereocenters. The second-order valence-electron chi connectivity index (χ2n) is 4.33. The molecule has 0 aliphatic heterocycles. The van der Waals surface area contributed by atoms with Gasteiger partial charge in [-0.05, 0) is 36.4 Å². The van der Waals surface area contributed by atoms with E-state index in [1.54, 1.807) is 18.2 Å². The minimum atomic E-state index is -1.30. The number of anilines is 2. The summed E-state index contributed by atoms with van der Waals surface area (Å²) in [5.41, 5.74) is 0.666. The highest BCUT2D eigenvalue weighted by atomic mass is 16.4. The van der Waals surface area contributed by atoms with Gasteiger partial charge < -0.3 is 20.8 Å². The number of rotatable bonds is 5. The number of carboxylic acid groups (broad SMARTS) is 1. The van der Waals surface area contributed by atoms with E-state index in [2.05, 4.69) is 10.6 Å². The average molecular weight is 300 g/mol. The molecule has 0 saturated heterocycles. The largest absolute Gasteiger partial charge is 0.507 e. The number of carboxylic acids is 1. The SMILES string of the molecule is O=CNc1cccc(C(=O)Nc2ccc(O)c(C(=O)O)c2)c1. The van der Waals surface area contributed by atoms with Crippen LogP contribution in [0.1, 0.15) is 20.7 Å². The maximum atomic E-state index is 12.1. The predicted octanol–water partition coefficient (Wildman–Crippen LogP) is 1.91. The van der Waals surface area contributed by atoms with Crippen LogP contribution < -0.4 is 10.6 Å². The summed E-state index contributed by atoms with van der Waals surface area (Å²) in [6, 6.07) is 9.96. The molecule has 22 heavy (non-hydrogen) atoms. The Morgan fingerprint density at radius 3 is 2.50 bits per heavy atom. The fourth-order valence-corrected chi connectivity index (χ4v) is 1.81. The van der Waals surface area contributed by atoms with Crippen molar-refractivity contribution in [2.45, 2.75) is 0 Å². The van der Waals surface area contributed by atoms with E-state index < -0.39 is 11.9 Å². The molecule has 0 aliphatic rings. The Hall–Kier alpha value is -3.35. The number of aromatic hydroxyl groups is 1. The van der Waals surface area contributed by atoms with E-state index in [9.17, 15) is 19.5 Å². The molecule has 0 aliphatic carbocycles. The smallest absolute Gasteiger partial charge is 0.339 e. The van der Waals surface area contributed by atoms with Crippen molar-refractivity contribution in [1.82, 2.24) is 0 Å². The van der Waals surface area contributed by atoms with Gasteiger partial charge in [-0.15, -0.1) is 0 Å². The summed E-state index contributed by atoms with van der Waals surface area (Å²) >= 11 is 0. The summed E-state index contributed by atoms with van der Waals surface area (Å²) in [7, 11) is 0. The van der Waals surface area contributed by atoms with Gasteiger partial charge in [0.1, 0.15) is 11.3 Å². The van der Waals surface area contributed by atoms with E-state index in [1.165, 1.54) is 18.2 Å². The lowest BCUT2D eigenvalue weighted by atomic mass is 10.1. The molecule has 2 amide bonds. The lowest BCUT2D eigenvalue weighted by molar-refractivity contribution is -0.105. The zero-order chi connectivity index (χ0) is 16.1. The summed E-state index contributed by atoms with van der Waals surface area (Å²) in [6.07, 6.45) is 0.496. The molecule has 2 rings (SSSR count). The third kappa shape index (κ3) is 3.40. The number of amides is 2. The number of carbonyl (C=O) groups excluding carboxylic acids is 2. The minimum Gasteiger partial charge on any atom is -0.507 e. The molecule has 0 fully saturated rings. The van der Waals surface area contributed by atoms with Gasteiger partial charge in [-0.2, -0.15) is 0 Å². The average Bonchev–Trinajstić information content (AvgIpc) is 2.49. The van der Waals surface area contributed by atoms with Gasteiger partial charge >= 0.3 is 5.97 Å². The molecule has 7 heteroatoms. The van der Waals surface area contributed by atoms with Gasteiger partial charge in [0.05, 0.1) is 0 Å². The van der Waals surface area contributed by atoms with Gasteiger partial charge in [0.2, 0.25) is 6.41 Å². The van der Waals surface area contributed by atoms with Crippen LogP contribution in [-0.4, -0.2) is 28.5 Å². The zero-order valence-electron chi connectivity index (χ0n) is 11.2. The van der Waals surface area contributed by atoms with Crippen molar-refractivity contribution >= 4 is 29.7 Å². The first-order valence-electron chi connectivity index (χ1n) is 6.19. The van der Waals surface area contributed by atoms with Gasteiger partial charge in [0.15, 0.2) is 0 Å². The predicted molar refractivity (Wildman–Crippen MR) is 79.1 cm³/mol. The molecule has 0 unspecified atom stereocenters. The summed E-state index contributed by atoms with van der Waals surface area (Å²) in [5.74, 6) is -2.16. The summed E-state index contributed by atoms with van der Waals surface area (Å²) < 4.78 is 0. The van der Waals surface area contributed by atoms with Crippen molar-refractivity contribution in [1.29, 1.82) is 0 Å². The highest BCUT2D eigenvalue weighted by Gasteiger charge is 2.12. The highest BCUT2D eigenvalue weighted by Crippen LogP contribution is 2.22. The molecular weight excluding hydrogens is 288 g/mol. The van der Waals surface area contributed by atoms with Crippen molar-refractivity contribution in [3.8, 4) is 5.75 Å². The first-order valence-corrected chi connectivity index (χ1v) is 6.19. The second-order valence-corrected chi connectivity index (χ2v) is 4.33. The maximum absolute atomic E-state index is 12.1. The Morgan fingerprint density at radius 1 is 1.05 bits per heavy atom. The Balaban J connectivity index is 2.22. The molecule has 0 heterocycles. The van der Waals surface area contributed by atoms with Crippen molar-refractivity contribution in [3.63, 3.8) is 0 Å². The molecule has 2 aromatic carbocycles. The van der Waals surface area contributed by atoms with Crippen LogP contribution in [0.2, 0.25) is 0 Å². The van der Waals surface area contributed by atoms with Crippen molar-refractivity contribution in [2.24, 2.45) is 0 Å². The zero-order valence-corrected chi connectivity index (χ0v) is 11.2. The monoisotopic (exact) mass is 300 g/mol. The molecule has 0 saturated carbocycles. The molecular formula is C15H12N2O5. The van der Waals surface area contributed by atoms with Crippen LogP contribution in [-0.2, 0) is 4.79 Å². The van der Waals surface area contributed by atoms with Gasteiger partial charge in [-0.3, -0.25) is 9.59 Å². The van der Waals surface area contributed by atoms with Crippen LogP contribution >= 0.6 is 0 Å². The second kappa shape index (κ2) is 6.40. The minimum absolute atomic E-state index is 0.231. The molecule has 0 spiro atoms. The molecule has 2 aromatic rings. The Morgan fingerprint density at radius 2 is 1.82 bits per heavy atom. The third-order valence-electron chi connectivity index (χ3n) is 2.84. The van der Waals surface area contributed by atoms with E-state index in [0.29, 0.717) is 12.1 Å². The fraction of sp³-hybridized carbons (Fsp3) is 0. The van der Waals surface area contributed by atoms with E-state index >= 15 is 0 Å². The number of nitrogens with one attached hydrogen (secondary N) is 2. The first-order chi connectivity index (χ1) is 10.5. The number of aromatic carboxylic acids is 1. The Labute approximate surface area is 125 Å². The topological polar surface area (TPSA) is 116 Å². The fourth-order valence-electron chi connectivity index (χ4n) is 1.81. The summed E-state index contributed by atoms with van der Waals surface area (Å²) in [6.45, 7) is 0. The van der Waals surface area contributed by atoms with E-state index in [0.717, 1.165) is 6.07 Å². The maximum Gasteiger partial charge on any atom is 0.339 e. The van der Waals surface area contributed by atoms with Crippen LogP contribution in [0.25, 0.3) is 0 Å². The van der Waals surface area contributed by atoms with Gasteiger partial charge in [-0.25, -0.2) is 4.79 Å². The summed E-state index contributed by atoms with van der Waals surface area (Å²) in [5, 5.41) is 23.3. The van der Waals surface area contributed by atoms with Gasteiger partial charge in [0.25, 0.3) is 5.91 Å². The van der Waals surface area contributed by atoms with E-state index in [4.69, 9.17) is 5.11 Å². The van der Waals surface area contributed by atoms with Crippen LogP contribution in [0, 0.1) is 0 Å². The van der Waals surface area contributed by atoms with Crippen molar-refractivity contribution < 1.29 is 24.6 Å². The number of phenols is 1. The van der Waals surface area contributed by atoms with Crippen molar-refractivity contribution in [3.05, 3.63) is 53.6 Å². The Kier molecular flexibility index (Phi) is 4.38. The standard InChI is InChI=1S/C15H12N2O5/c18-8-16-10-3-1-2-9(6-10)14(20)17-11-4-5-13(19)12(7-11)15(21)22/h1-8,19H,(H,16,18)(H,17,20)(H,21,22). The Bertz CT molecular complexity index is 742. The molecule has 4 N–H and O–H groups in total. The number of carbonyl (C=O) groups is 3. The number of benzene rings is 2. The molecule has 0 bridgehead atoms. The first kappa shape index (κ1) is 15.0. The highest BCUT2D eigenvalue weighted by molar-refractivity contribution is 6.05. The third-order valence-corrected chi connectivity index (χ3v) is 2.84. The van der Waals surface area contributed by atoms with Crippen molar-refractivity contribution in [2.75, 3.05) is 10.6 Å². The quantitative estimate of drug-likeness (QED) is 0.497. The van der Waals surface area contributed by atoms with Crippen LogP contribution in [0.4, 0.5) is 11.4 Å². The number of hydrogen-bond donors (Lipinski definition) is 4. The van der Waals surface area contributed by atoms with E-state index in [1.807, 2.05) is 0 Å². The van der Waals surface area contributed by atoms with Gasteiger partial charge in [0, 0.05) is 16.9 Å². The molecule has 7 nitrogen and oxygen atoms in total. The molecule has 0 aromatic heterocycles. The lowest BCUT2D eigenvalue weighted by Crippen LogP contribution is -2.12. The molecule has 112 valence electrons. The van der Waals surface area contributed by atoms with Gasteiger partial charge in [-0.1, -0.05) is 6.07 Å². The van der Waals surface area contributed by atoms with E-state index in [-0.39, 0.29) is 22.6 Å².